The Balaban J connectivity index is 2.22. The fourth-order valence-corrected chi connectivity index (χ4v) is 4.93. The Morgan fingerprint density at radius 2 is 2.22 bits per heavy atom. The zero-order valence-corrected chi connectivity index (χ0v) is 12.5. The van der Waals surface area contributed by atoms with Crippen molar-refractivity contribution in [2.24, 2.45) is 0 Å². The third-order valence-corrected chi connectivity index (χ3v) is 6.19. The smallest absolute Gasteiger partial charge is 0.159 e. The lowest BCUT2D eigenvalue weighted by atomic mass is 10.2. The van der Waals surface area contributed by atoms with Gasteiger partial charge in [0.25, 0.3) is 0 Å². The molecular formula is C12H16BrNO3S. The number of halogens is 1. The van der Waals surface area contributed by atoms with Gasteiger partial charge in [-0.15, -0.1) is 0 Å². The van der Waals surface area contributed by atoms with Gasteiger partial charge in [0, 0.05) is 16.8 Å². The minimum absolute atomic E-state index is 0.0201. The molecule has 4 nitrogen and oxygen atoms in total. The number of rotatable bonds is 3. The highest BCUT2D eigenvalue weighted by Crippen LogP contribution is 2.27. The first-order valence-corrected chi connectivity index (χ1v) is 8.28. The molecule has 1 aliphatic rings. The van der Waals surface area contributed by atoms with Crippen molar-refractivity contribution in [2.45, 2.75) is 30.5 Å². The third kappa shape index (κ3) is 2.87. The van der Waals surface area contributed by atoms with Crippen molar-refractivity contribution in [3.63, 3.8) is 0 Å². The normalized spacial score (nSPS) is 24.3. The van der Waals surface area contributed by atoms with Crippen LogP contribution in [0.5, 0.6) is 0 Å². The van der Waals surface area contributed by atoms with Crippen LogP contribution in [0.2, 0.25) is 0 Å². The lowest BCUT2D eigenvalue weighted by Gasteiger charge is -2.15. The molecule has 18 heavy (non-hydrogen) atoms. The van der Waals surface area contributed by atoms with Gasteiger partial charge < -0.3 is 10.5 Å². The number of ether oxygens (including phenoxy) is 1. The van der Waals surface area contributed by atoms with Gasteiger partial charge in [-0.25, -0.2) is 8.42 Å². The van der Waals surface area contributed by atoms with E-state index in [0.717, 1.165) is 10.0 Å². The summed E-state index contributed by atoms with van der Waals surface area (Å²) >= 11 is 3.35. The van der Waals surface area contributed by atoms with E-state index in [9.17, 15) is 8.42 Å². The minimum atomic E-state index is -3.19. The van der Waals surface area contributed by atoms with Gasteiger partial charge in [-0.05, 0) is 31.0 Å². The summed E-state index contributed by atoms with van der Waals surface area (Å²) in [4.78, 5) is 0. The Morgan fingerprint density at radius 3 is 2.78 bits per heavy atom. The summed E-state index contributed by atoms with van der Waals surface area (Å²) in [5, 5.41) is -0.401. The SMILES string of the molecule is CC1OCCC1S(=O)(=O)Cc1ccc(N)cc1Br. The summed E-state index contributed by atoms with van der Waals surface area (Å²) in [6.07, 6.45) is 0.360. The first-order chi connectivity index (χ1) is 8.40. The highest BCUT2D eigenvalue weighted by molar-refractivity contribution is 9.10. The maximum atomic E-state index is 12.3. The van der Waals surface area contributed by atoms with Crippen molar-refractivity contribution in [3.05, 3.63) is 28.2 Å². The monoisotopic (exact) mass is 333 g/mol. The molecule has 2 N–H and O–H groups in total. The van der Waals surface area contributed by atoms with Gasteiger partial charge in [0.05, 0.1) is 17.1 Å². The van der Waals surface area contributed by atoms with Crippen molar-refractivity contribution in [1.82, 2.24) is 0 Å². The van der Waals surface area contributed by atoms with E-state index in [1.54, 1.807) is 18.2 Å². The zero-order chi connectivity index (χ0) is 13.3. The zero-order valence-electron chi connectivity index (χ0n) is 10.1. The molecule has 100 valence electrons. The van der Waals surface area contributed by atoms with Crippen LogP contribution < -0.4 is 5.73 Å². The average Bonchev–Trinajstić information content (AvgIpc) is 2.69. The van der Waals surface area contributed by atoms with E-state index in [0.29, 0.717) is 18.7 Å². The number of nitrogen functional groups attached to an aromatic ring is 1. The van der Waals surface area contributed by atoms with Crippen LogP contribution in [0.1, 0.15) is 18.9 Å². The fraction of sp³-hybridized carbons (Fsp3) is 0.500. The maximum Gasteiger partial charge on any atom is 0.159 e. The minimum Gasteiger partial charge on any atom is -0.399 e. The molecule has 0 spiro atoms. The summed E-state index contributed by atoms with van der Waals surface area (Å²) in [6.45, 7) is 2.33. The predicted octanol–water partition coefficient (Wildman–Crippen LogP) is 2.12. The molecule has 1 saturated heterocycles. The Hall–Kier alpha value is -0.590. The van der Waals surface area contributed by atoms with E-state index in [-0.39, 0.29) is 11.9 Å². The Kier molecular flexibility index (Phi) is 3.99. The quantitative estimate of drug-likeness (QED) is 0.860. The van der Waals surface area contributed by atoms with Crippen LogP contribution in [-0.2, 0) is 20.3 Å². The topological polar surface area (TPSA) is 69.4 Å². The Morgan fingerprint density at radius 1 is 1.50 bits per heavy atom. The largest absolute Gasteiger partial charge is 0.399 e. The Bertz CT molecular complexity index is 544. The van der Waals surface area contributed by atoms with Crippen molar-refractivity contribution in [3.8, 4) is 0 Å². The molecule has 0 amide bonds. The molecule has 1 aromatic rings. The molecule has 0 aliphatic carbocycles. The lowest BCUT2D eigenvalue weighted by Crippen LogP contribution is -2.29. The molecule has 2 unspecified atom stereocenters. The number of hydrogen-bond donors (Lipinski definition) is 1. The van der Waals surface area contributed by atoms with E-state index in [4.69, 9.17) is 10.5 Å². The van der Waals surface area contributed by atoms with Gasteiger partial charge in [-0.2, -0.15) is 0 Å². The Labute approximate surface area is 116 Å². The van der Waals surface area contributed by atoms with Crippen molar-refractivity contribution < 1.29 is 13.2 Å². The number of anilines is 1. The number of nitrogens with two attached hydrogens (primary N) is 1. The molecule has 1 aromatic carbocycles. The molecule has 0 aromatic heterocycles. The molecule has 2 rings (SSSR count). The number of hydrogen-bond acceptors (Lipinski definition) is 4. The van der Waals surface area contributed by atoms with Gasteiger partial charge in [-0.3, -0.25) is 0 Å². The molecule has 1 aliphatic heterocycles. The maximum absolute atomic E-state index is 12.3. The average molecular weight is 334 g/mol. The van der Waals surface area contributed by atoms with Gasteiger partial charge in [0.1, 0.15) is 0 Å². The van der Waals surface area contributed by atoms with E-state index in [1.807, 2.05) is 6.92 Å². The van der Waals surface area contributed by atoms with Gasteiger partial charge in [-0.1, -0.05) is 22.0 Å². The molecule has 0 saturated carbocycles. The molecule has 1 fully saturated rings. The summed E-state index contributed by atoms with van der Waals surface area (Å²) in [5.74, 6) is 0.0201. The van der Waals surface area contributed by atoms with Crippen LogP contribution in [-0.4, -0.2) is 26.4 Å². The van der Waals surface area contributed by atoms with Gasteiger partial charge in [0.15, 0.2) is 9.84 Å². The van der Waals surface area contributed by atoms with Crippen LogP contribution in [0.4, 0.5) is 5.69 Å². The van der Waals surface area contributed by atoms with E-state index in [2.05, 4.69) is 15.9 Å². The van der Waals surface area contributed by atoms with Gasteiger partial charge >= 0.3 is 0 Å². The summed E-state index contributed by atoms with van der Waals surface area (Å²) < 4.78 is 30.7. The number of benzene rings is 1. The molecular weight excluding hydrogens is 318 g/mol. The van der Waals surface area contributed by atoms with Crippen LogP contribution in [0.3, 0.4) is 0 Å². The van der Waals surface area contributed by atoms with Crippen molar-refractivity contribution in [2.75, 3.05) is 12.3 Å². The number of sulfone groups is 1. The second-order valence-corrected chi connectivity index (χ2v) is 7.64. The first-order valence-electron chi connectivity index (χ1n) is 5.77. The van der Waals surface area contributed by atoms with E-state index >= 15 is 0 Å². The second-order valence-electron chi connectivity index (χ2n) is 4.56. The highest BCUT2D eigenvalue weighted by Gasteiger charge is 2.35. The van der Waals surface area contributed by atoms with E-state index < -0.39 is 15.1 Å². The standard InChI is InChI=1S/C12H16BrNO3S/c1-8-12(4-5-17-8)18(15,16)7-9-2-3-10(14)6-11(9)13/h2-3,6,8,12H,4-5,7,14H2,1H3. The highest BCUT2D eigenvalue weighted by atomic mass is 79.9. The summed E-state index contributed by atoms with van der Waals surface area (Å²) in [7, 11) is -3.19. The van der Waals surface area contributed by atoms with Gasteiger partial charge in [0.2, 0.25) is 0 Å². The molecule has 1 heterocycles. The third-order valence-electron chi connectivity index (χ3n) is 3.20. The van der Waals surface area contributed by atoms with Crippen LogP contribution >= 0.6 is 15.9 Å². The summed E-state index contributed by atoms with van der Waals surface area (Å²) in [6, 6.07) is 5.18. The molecule has 6 heteroatoms. The summed E-state index contributed by atoms with van der Waals surface area (Å²) in [5.41, 5.74) is 6.99. The molecule has 0 bridgehead atoms. The van der Waals surface area contributed by atoms with Crippen LogP contribution in [0.15, 0.2) is 22.7 Å². The van der Waals surface area contributed by atoms with Crippen molar-refractivity contribution in [1.29, 1.82) is 0 Å². The van der Waals surface area contributed by atoms with E-state index in [1.165, 1.54) is 0 Å². The van der Waals surface area contributed by atoms with Crippen molar-refractivity contribution >= 4 is 31.5 Å². The lowest BCUT2D eigenvalue weighted by molar-refractivity contribution is 0.126. The first kappa shape index (κ1) is 13.8. The predicted molar refractivity (Wildman–Crippen MR) is 75.0 cm³/mol. The van der Waals surface area contributed by atoms with Crippen LogP contribution in [0.25, 0.3) is 0 Å². The molecule has 2 atom stereocenters. The molecule has 0 radical (unpaired) electrons. The van der Waals surface area contributed by atoms with Crippen LogP contribution in [0, 0.1) is 0 Å². The second kappa shape index (κ2) is 5.19. The fourth-order valence-electron chi connectivity index (χ4n) is 2.19.